The number of thioether (sulfide) groups is 1. The Labute approximate surface area is 76.9 Å². The van der Waals surface area contributed by atoms with Gasteiger partial charge in [0.25, 0.3) is 0 Å². The first-order valence-corrected chi connectivity index (χ1v) is 5.09. The molecule has 0 aromatic heterocycles. The zero-order chi connectivity index (χ0) is 9.19. The molecule has 1 rings (SSSR count). The SMILES string of the molecule is CC1(C)N[C@H](CCO)C(=O)CS1. The molecule has 1 fully saturated rings. The van der Waals surface area contributed by atoms with Crippen LogP contribution in [0.2, 0.25) is 0 Å². The minimum Gasteiger partial charge on any atom is -0.396 e. The summed E-state index contributed by atoms with van der Waals surface area (Å²) in [6.45, 7) is 4.17. The van der Waals surface area contributed by atoms with Crippen molar-refractivity contribution in [2.75, 3.05) is 12.4 Å². The summed E-state index contributed by atoms with van der Waals surface area (Å²) < 4.78 is 0. The van der Waals surface area contributed by atoms with E-state index in [1.54, 1.807) is 11.8 Å². The number of Topliss-reactive ketones (excluding diaryl/α,β-unsaturated/α-hetero) is 1. The van der Waals surface area contributed by atoms with Crippen molar-refractivity contribution in [1.82, 2.24) is 5.32 Å². The van der Waals surface area contributed by atoms with Crippen LogP contribution in [0, 0.1) is 0 Å². The van der Waals surface area contributed by atoms with E-state index in [0.717, 1.165) is 0 Å². The van der Waals surface area contributed by atoms with Crippen molar-refractivity contribution in [3.8, 4) is 0 Å². The minimum atomic E-state index is -0.147. The lowest BCUT2D eigenvalue weighted by molar-refractivity contribution is -0.119. The third-order valence-electron chi connectivity index (χ3n) is 1.90. The highest BCUT2D eigenvalue weighted by Crippen LogP contribution is 2.27. The Kier molecular flexibility index (Phi) is 3.15. The lowest BCUT2D eigenvalue weighted by atomic mass is 10.1. The standard InChI is InChI=1S/C8H15NO2S/c1-8(2)9-6(3-4-10)7(11)5-12-8/h6,9-10H,3-5H2,1-2H3/t6-/m1/s1. The van der Waals surface area contributed by atoms with Gasteiger partial charge in [0.1, 0.15) is 0 Å². The van der Waals surface area contributed by atoms with Crippen LogP contribution in [0.5, 0.6) is 0 Å². The maximum absolute atomic E-state index is 11.3. The maximum Gasteiger partial charge on any atom is 0.159 e. The summed E-state index contributed by atoms with van der Waals surface area (Å²) in [5, 5.41) is 11.9. The van der Waals surface area contributed by atoms with Crippen molar-refractivity contribution in [1.29, 1.82) is 0 Å². The first kappa shape index (κ1) is 10.0. The Morgan fingerprint density at radius 2 is 2.42 bits per heavy atom. The van der Waals surface area contributed by atoms with Gasteiger partial charge in [-0.3, -0.25) is 10.1 Å². The summed E-state index contributed by atoms with van der Waals surface area (Å²) in [5.41, 5.74) is 0. The molecule has 1 atom stereocenters. The number of ketones is 1. The molecule has 0 aliphatic carbocycles. The first-order valence-electron chi connectivity index (χ1n) is 4.10. The molecule has 0 amide bonds. The Hall–Kier alpha value is -0.0600. The molecule has 70 valence electrons. The largest absolute Gasteiger partial charge is 0.396 e. The third-order valence-corrected chi connectivity index (χ3v) is 3.17. The highest BCUT2D eigenvalue weighted by atomic mass is 32.2. The fourth-order valence-electron chi connectivity index (χ4n) is 1.26. The number of aliphatic hydroxyl groups is 1. The van der Waals surface area contributed by atoms with Gasteiger partial charge in [0.2, 0.25) is 0 Å². The molecule has 0 radical (unpaired) electrons. The minimum absolute atomic E-state index is 0.0340. The average molecular weight is 189 g/mol. The van der Waals surface area contributed by atoms with E-state index in [0.29, 0.717) is 12.2 Å². The number of hydrogen-bond acceptors (Lipinski definition) is 4. The normalized spacial score (nSPS) is 28.9. The Balaban J connectivity index is 2.53. The predicted octanol–water partition coefficient (Wildman–Crippen LogP) is 0.379. The zero-order valence-electron chi connectivity index (χ0n) is 7.46. The molecular formula is C8H15NO2S. The van der Waals surface area contributed by atoms with Crippen LogP contribution in [-0.4, -0.2) is 34.2 Å². The number of hydrogen-bond donors (Lipinski definition) is 2. The molecule has 2 N–H and O–H groups in total. The molecule has 3 nitrogen and oxygen atoms in total. The number of rotatable bonds is 2. The number of aliphatic hydroxyl groups excluding tert-OH is 1. The molecule has 1 aliphatic rings. The molecule has 4 heteroatoms. The van der Waals surface area contributed by atoms with Gasteiger partial charge in [-0.25, -0.2) is 0 Å². The predicted molar refractivity (Wildman–Crippen MR) is 50.2 cm³/mol. The zero-order valence-corrected chi connectivity index (χ0v) is 8.28. The summed E-state index contributed by atoms with van der Waals surface area (Å²) >= 11 is 1.62. The molecule has 0 bridgehead atoms. The van der Waals surface area contributed by atoms with Gasteiger partial charge in [-0.05, 0) is 20.3 Å². The summed E-state index contributed by atoms with van der Waals surface area (Å²) in [4.78, 5) is 11.2. The monoisotopic (exact) mass is 189 g/mol. The van der Waals surface area contributed by atoms with E-state index in [-0.39, 0.29) is 23.3 Å². The van der Waals surface area contributed by atoms with Crippen LogP contribution in [0.15, 0.2) is 0 Å². The van der Waals surface area contributed by atoms with Crippen LogP contribution in [-0.2, 0) is 4.79 Å². The van der Waals surface area contributed by atoms with E-state index in [1.807, 2.05) is 0 Å². The topological polar surface area (TPSA) is 49.3 Å². The van der Waals surface area contributed by atoms with Gasteiger partial charge in [-0.2, -0.15) is 0 Å². The van der Waals surface area contributed by atoms with E-state index in [9.17, 15) is 4.79 Å². The molecular weight excluding hydrogens is 174 g/mol. The van der Waals surface area contributed by atoms with Gasteiger partial charge in [0, 0.05) is 6.61 Å². The number of carbonyl (C=O) groups is 1. The van der Waals surface area contributed by atoms with E-state index >= 15 is 0 Å². The Morgan fingerprint density at radius 3 is 3.00 bits per heavy atom. The summed E-state index contributed by atoms with van der Waals surface area (Å²) in [5.74, 6) is 0.762. The van der Waals surface area contributed by atoms with Crippen molar-refractivity contribution in [2.45, 2.75) is 31.2 Å². The molecule has 12 heavy (non-hydrogen) atoms. The second-order valence-electron chi connectivity index (χ2n) is 3.47. The van der Waals surface area contributed by atoms with Crippen molar-refractivity contribution >= 4 is 17.5 Å². The van der Waals surface area contributed by atoms with Crippen LogP contribution in [0.3, 0.4) is 0 Å². The second kappa shape index (κ2) is 3.77. The van der Waals surface area contributed by atoms with E-state index in [1.165, 1.54) is 0 Å². The highest BCUT2D eigenvalue weighted by molar-refractivity contribution is 8.01. The molecule has 0 aromatic carbocycles. The molecule has 1 heterocycles. The molecule has 1 saturated heterocycles. The van der Waals surface area contributed by atoms with Crippen LogP contribution in [0.4, 0.5) is 0 Å². The van der Waals surface area contributed by atoms with E-state index < -0.39 is 0 Å². The molecule has 1 aliphatic heterocycles. The Morgan fingerprint density at radius 1 is 1.75 bits per heavy atom. The van der Waals surface area contributed by atoms with Crippen molar-refractivity contribution in [2.24, 2.45) is 0 Å². The van der Waals surface area contributed by atoms with Crippen molar-refractivity contribution in [3.05, 3.63) is 0 Å². The van der Waals surface area contributed by atoms with Gasteiger partial charge < -0.3 is 5.11 Å². The average Bonchev–Trinajstić information content (AvgIpc) is 1.97. The molecule has 0 unspecified atom stereocenters. The lowest BCUT2D eigenvalue weighted by Gasteiger charge is -2.35. The molecule has 0 spiro atoms. The van der Waals surface area contributed by atoms with Gasteiger partial charge in [-0.1, -0.05) is 0 Å². The molecule has 0 saturated carbocycles. The van der Waals surface area contributed by atoms with Crippen LogP contribution >= 0.6 is 11.8 Å². The van der Waals surface area contributed by atoms with E-state index in [4.69, 9.17) is 5.11 Å². The van der Waals surface area contributed by atoms with Crippen LogP contribution in [0.25, 0.3) is 0 Å². The fourth-order valence-corrected chi connectivity index (χ4v) is 2.19. The van der Waals surface area contributed by atoms with Gasteiger partial charge in [-0.15, -0.1) is 11.8 Å². The van der Waals surface area contributed by atoms with Crippen molar-refractivity contribution < 1.29 is 9.90 Å². The third kappa shape index (κ3) is 2.47. The smallest absolute Gasteiger partial charge is 0.159 e. The molecule has 0 aromatic rings. The summed E-state index contributed by atoms with van der Waals surface area (Å²) in [6.07, 6.45) is 0.531. The van der Waals surface area contributed by atoms with Gasteiger partial charge in [0.05, 0.1) is 16.7 Å². The summed E-state index contributed by atoms with van der Waals surface area (Å²) in [7, 11) is 0. The quantitative estimate of drug-likeness (QED) is 0.659. The summed E-state index contributed by atoms with van der Waals surface area (Å²) in [6, 6.07) is -0.147. The first-order chi connectivity index (χ1) is 5.55. The van der Waals surface area contributed by atoms with Crippen molar-refractivity contribution in [3.63, 3.8) is 0 Å². The second-order valence-corrected chi connectivity index (χ2v) is 5.07. The van der Waals surface area contributed by atoms with Crippen LogP contribution < -0.4 is 5.32 Å². The number of carbonyl (C=O) groups excluding carboxylic acids is 1. The van der Waals surface area contributed by atoms with E-state index in [2.05, 4.69) is 19.2 Å². The van der Waals surface area contributed by atoms with Gasteiger partial charge in [0.15, 0.2) is 5.78 Å². The van der Waals surface area contributed by atoms with Gasteiger partial charge >= 0.3 is 0 Å². The number of nitrogens with one attached hydrogen (secondary N) is 1. The fraction of sp³-hybridized carbons (Fsp3) is 0.875. The Bertz CT molecular complexity index is 182. The lowest BCUT2D eigenvalue weighted by Crippen LogP contribution is -2.53. The maximum atomic E-state index is 11.3. The highest BCUT2D eigenvalue weighted by Gasteiger charge is 2.32. The van der Waals surface area contributed by atoms with Crippen LogP contribution in [0.1, 0.15) is 20.3 Å².